The van der Waals surface area contributed by atoms with Gasteiger partial charge in [0.2, 0.25) is 0 Å². The molecule has 132 valence electrons. The summed E-state index contributed by atoms with van der Waals surface area (Å²) in [4.78, 5) is 16.0. The van der Waals surface area contributed by atoms with E-state index in [1.165, 1.54) is 31.9 Å². The van der Waals surface area contributed by atoms with Gasteiger partial charge in [0.15, 0.2) is 0 Å². The summed E-state index contributed by atoms with van der Waals surface area (Å²) < 4.78 is 1.87. The van der Waals surface area contributed by atoms with E-state index < -0.39 is 0 Å². The van der Waals surface area contributed by atoms with Crippen LogP contribution in [-0.4, -0.2) is 32.4 Å². The first-order valence-corrected chi connectivity index (χ1v) is 8.93. The lowest BCUT2D eigenvalue weighted by atomic mass is 9.75. The molecule has 1 unspecified atom stereocenters. The Kier molecular flexibility index (Phi) is 4.00. The van der Waals surface area contributed by atoms with Crippen LogP contribution in [0, 0.1) is 10.8 Å². The van der Waals surface area contributed by atoms with E-state index in [9.17, 15) is 4.79 Å². The second-order valence-electron chi connectivity index (χ2n) is 7.25. The van der Waals surface area contributed by atoms with Gasteiger partial charge in [0.05, 0.1) is 24.8 Å². The van der Waals surface area contributed by atoms with Gasteiger partial charge in [-0.1, -0.05) is 23.2 Å². The monoisotopic (exact) mass is 360 g/mol. The van der Waals surface area contributed by atoms with Crippen molar-refractivity contribution >= 4 is 17.5 Å². The highest BCUT2D eigenvalue weighted by Crippen LogP contribution is 2.74. The number of rotatable bonds is 6. The predicted octanol–water partition coefficient (Wildman–Crippen LogP) is 1.78. The molecule has 1 amide bonds. The van der Waals surface area contributed by atoms with E-state index >= 15 is 0 Å². The lowest BCUT2D eigenvalue weighted by Gasteiger charge is -2.32. The molecule has 0 aromatic carbocycles. The fourth-order valence-electron chi connectivity index (χ4n) is 4.08. The number of halogens is 1. The van der Waals surface area contributed by atoms with Gasteiger partial charge < -0.3 is 11.1 Å². The van der Waals surface area contributed by atoms with Crippen molar-refractivity contribution in [1.29, 1.82) is 0 Å². The summed E-state index contributed by atoms with van der Waals surface area (Å²) in [5.74, 6) is -0.215. The smallest absolute Gasteiger partial charge is 0.253 e. The molecule has 0 radical (unpaired) electrons. The maximum absolute atomic E-state index is 12.1. The van der Waals surface area contributed by atoms with Crippen molar-refractivity contribution < 1.29 is 4.79 Å². The highest BCUT2D eigenvalue weighted by molar-refractivity contribution is 6.29. The second-order valence-corrected chi connectivity index (χ2v) is 7.64. The minimum atomic E-state index is -0.215. The van der Waals surface area contributed by atoms with Crippen molar-refractivity contribution in [2.45, 2.75) is 38.8 Å². The van der Waals surface area contributed by atoms with Crippen LogP contribution in [0.3, 0.4) is 0 Å². The maximum Gasteiger partial charge on any atom is 0.253 e. The first kappa shape index (κ1) is 16.5. The highest BCUT2D eigenvalue weighted by atomic mass is 35.5. The molecule has 2 fully saturated rings. The molecule has 2 aliphatic rings. The number of pyridine rings is 1. The zero-order valence-corrected chi connectivity index (χ0v) is 14.7. The molecule has 1 atom stereocenters. The van der Waals surface area contributed by atoms with Gasteiger partial charge in [-0.3, -0.25) is 9.48 Å². The van der Waals surface area contributed by atoms with Gasteiger partial charge in [0.25, 0.3) is 5.91 Å². The summed E-state index contributed by atoms with van der Waals surface area (Å²) in [7, 11) is 0. The third-order valence-electron chi connectivity index (χ3n) is 5.85. The van der Waals surface area contributed by atoms with Crippen molar-refractivity contribution in [2.75, 3.05) is 6.54 Å². The zero-order valence-electron chi connectivity index (χ0n) is 13.9. The summed E-state index contributed by atoms with van der Waals surface area (Å²) in [5, 5.41) is 11.5. The molecule has 0 saturated heterocycles. The van der Waals surface area contributed by atoms with Crippen LogP contribution in [0.25, 0.3) is 0 Å². The van der Waals surface area contributed by atoms with Crippen LogP contribution in [0.5, 0.6) is 0 Å². The van der Waals surface area contributed by atoms with E-state index in [4.69, 9.17) is 17.3 Å². The molecule has 2 heterocycles. The molecule has 2 aromatic rings. The van der Waals surface area contributed by atoms with E-state index in [1.54, 1.807) is 12.1 Å². The lowest BCUT2D eigenvalue weighted by molar-refractivity contribution is 0.0950. The van der Waals surface area contributed by atoms with Crippen LogP contribution >= 0.6 is 11.6 Å². The van der Waals surface area contributed by atoms with Crippen LogP contribution in [0.15, 0.2) is 24.5 Å². The number of carbonyl (C=O) groups excluding carboxylic acids is 1. The fraction of sp³-hybridized carbons (Fsp3) is 0.529. The summed E-state index contributed by atoms with van der Waals surface area (Å²) >= 11 is 5.72. The number of amides is 1. The quantitative estimate of drug-likeness (QED) is 0.765. The van der Waals surface area contributed by atoms with E-state index in [0.717, 1.165) is 12.2 Å². The molecule has 7 nitrogen and oxygen atoms in total. The Hall–Kier alpha value is -1.99. The van der Waals surface area contributed by atoms with E-state index in [0.29, 0.717) is 29.2 Å². The summed E-state index contributed by atoms with van der Waals surface area (Å²) in [5.41, 5.74) is 7.89. The van der Waals surface area contributed by atoms with Gasteiger partial charge in [-0.2, -0.15) is 0 Å². The molecular weight excluding hydrogens is 340 g/mol. The van der Waals surface area contributed by atoms with E-state index in [2.05, 4.69) is 20.6 Å². The van der Waals surface area contributed by atoms with Crippen LogP contribution in [0.4, 0.5) is 0 Å². The van der Waals surface area contributed by atoms with Gasteiger partial charge in [0, 0.05) is 18.2 Å². The number of nitrogens with one attached hydrogen (secondary N) is 1. The average molecular weight is 361 g/mol. The molecule has 8 heteroatoms. The van der Waals surface area contributed by atoms with Gasteiger partial charge in [-0.25, -0.2) is 4.98 Å². The van der Waals surface area contributed by atoms with Crippen LogP contribution in [0.1, 0.15) is 41.7 Å². The lowest BCUT2D eigenvalue weighted by Crippen LogP contribution is -2.32. The second kappa shape index (κ2) is 6.07. The maximum atomic E-state index is 12.1. The number of carbonyl (C=O) groups is 1. The van der Waals surface area contributed by atoms with Crippen LogP contribution < -0.4 is 11.1 Å². The van der Waals surface area contributed by atoms with Gasteiger partial charge in [-0.15, -0.1) is 5.10 Å². The Bertz CT molecular complexity index is 785. The average Bonchev–Trinajstić information content (AvgIpc) is 3.07. The number of aromatic nitrogens is 4. The van der Waals surface area contributed by atoms with Crippen molar-refractivity contribution in [1.82, 2.24) is 25.3 Å². The minimum Gasteiger partial charge on any atom is -0.346 e. The van der Waals surface area contributed by atoms with E-state index in [-0.39, 0.29) is 11.3 Å². The van der Waals surface area contributed by atoms with Crippen LogP contribution in [-0.2, 0) is 13.1 Å². The molecule has 0 bridgehead atoms. The molecule has 2 aliphatic carbocycles. The first-order valence-electron chi connectivity index (χ1n) is 8.55. The largest absolute Gasteiger partial charge is 0.346 e. The predicted molar refractivity (Wildman–Crippen MR) is 92.8 cm³/mol. The minimum absolute atomic E-state index is 0.189. The topological polar surface area (TPSA) is 98.7 Å². The van der Waals surface area contributed by atoms with E-state index in [1.807, 2.05) is 10.9 Å². The molecule has 25 heavy (non-hydrogen) atoms. The third kappa shape index (κ3) is 2.91. The Labute approximate surface area is 150 Å². The van der Waals surface area contributed by atoms with Gasteiger partial charge in [-0.05, 0) is 36.8 Å². The summed E-state index contributed by atoms with van der Waals surface area (Å²) in [6.07, 6.45) is 8.43. The molecule has 4 rings (SSSR count). The van der Waals surface area contributed by atoms with Crippen molar-refractivity contribution in [3.05, 3.63) is 40.9 Å². The van der Waals surface area contributed by atoms with Crippen molar-refractivity contribution in [2.24, 2.45) is 16.6 Å². The molecule has 2 aromatic heterocycles. The van der Waals surface area contributed by atoms with Gasteiger partial charge in [0.1, 0.15) is 10.8 Å². The SMILES string of the molecule is NCC1(Cn2cc(CNC(=O)c3ccc(Cl)nc3)nn2)CC12CCC2. The number of nitrogens with two attached hydrogens (primary N) is 1. The molecule has 2 saturated carbocycles. The van der Waals surface area contributed by atoms with Crippen LogP contribution in [0.2, 0.25) is 5.15 Å². The number of hydrogen-bond donors (Lipinski definition) is 2. The molecule has 1 spiro atoms. The molecule has 0 aliphatic heterocycles. The Balaban J connectivity index is 1.34. The number of nitrogens with zero attached hydrogens (tertiary/aromatic N) is 4. The standard InChI is InChI=1S/C17H21ClN6O/c18-14-3-2-12(6-20-14)15(25)21-7-13-8-24(23-22-13)11-17(10-19)9-16(17)4-1-5-16/h2-3,6,8H,1,4-5,7,9-11,19H2,(H,21,25). The van der Waals surface area contributed by atoms with Gasteiger partial charge >= 0.3 is 0 Å². The normalized spacial score (nSPS) is 23.3. The summed E-state index contributed by atoms with van der Waals surface area (Å²) in [6, 6.07) is 3.22. The third-order valence-corrected chi connectivity index (χ3v) is 6.07. The zero-order chi connectivity index (χ0) is 17.5. The molecular formula is C17H21ClN6O. The molecule has 3 N–H and O–H groups in total. The Morgan fingerprint density at radius 3 is 2.84 bits per heavy atom. The Morgan fingerprint density at radius 1 is 1.40 bits per heavy atom. The fourth-order valence-corrected chi connectivity index (χ4v) is 4.19. The Morgan fingerprint density at radius 2 is 2.24 bits per heavy atom. The van der Waals surface area contributed by atoms with Crippen molar-refractivity contribution in [3.63, 3.8) is 0 Å². The number of hydrogen-bond acceptors (Lipinski definition) is 5. The van der Waals surface area contributed by atoms with Crippen molar-refractivity contribution in [3.8, 4) is 0 Å². The highest BCUT2D eigenvalue weighted by Gasteiger charge is 2.68. The summed E-state index contributed by atoms with van der Waals surface area (Å²) in [6.45, 7) is 1.83. The first-order chi connectivity index (χ1) is 12.1.